The van der Waals surface area contributed by atoms with E-state index in [9.17, 15) is 9.18 Å². The number of carbonyl (C=O) groups excluding carboxylic acids is 1. The molecule has 0 saturated carbocycles. The fraction of sp³-hybridized carbons (Fsp3) is 0.261. The molecular weight excluding hydrogens is 393 g/mol. The van der Waals surface area contributed by atoms with Gasteiger partial charge >= 0.3 is 0 Å². The highest BCUT2D eigenvalue weighted by atomic mass is 35.5. The Bertz CT molecular complexity index is 919. The lowest BCUT2D eigenvalue weighted by Crippen LogP contribution is -2.34. The molecule has 1 aromatic heterocycles. The van der Waals surface area contributed by atoms with E-state index < -0.39 is 5.82 Å². The van der Waals surface area contributed by atoms with E-state index in [0.717, 1.165) is 0 Å². The van der Waals surface area contributed by atoms with Crippen LogP contribution in [-0.4, -0.2) is 17.4 Å². The Balaban J connectivity index is 1.71. The van der Waals surface area contributed by atoms with Crippen molar-refractivity contribution in [1.82, 2.24) is 4.90 Å². The molecule has 1 heterocycles. The van der Waals surface area contributed by atoms with Crippen molar-refractivity contribution in [2.45, 2.75) is 32.9 Å². The molecule has 152 valence electrons. The number of hydrogen-bond acceptors (Lipinski definition) is 3. The zero-order chi connectivity index (χ0) is 20.8. The molecular formula is C23H23ClFNO3. The third-order valence-corrected chi connectivity index (χ3v) is 4.95. The fourth-order valence-electron chi connectivity index (χ4n) is 2.88. The van der Waals surface area contributed by atoms with Crippen molar-refractivity contribution < 1.29 is 18.3 Å². The summed E-state index contributed by atoms with van der Waals surface area (Å²) in [6.45, 7) is 4.25. The Labute approximate surface area is 174 Å². The van der Waals surface area contributed by atoms with Gasteiger partial charge in [-0.25, -0.2) is 4.39 Å². The summed E-state index contributed by atoms with van der Waals surface area (Å²) in [4.78, 5) is 14.3. The number of halogens is 2. The smallest absolute Gasteiger partial charge is 0.261 e. The molecule has 0 aliphatic carbocycles. The third-order valence-electron chi connectivity index (χ3n) is 4.60. The van der Waals surface area contributed by atoms with Crippen LogP contribution >= 0.6 is 11.6 Å². The maximum absolute atomic E-state index is 14.2. The van der Waals surface area contributed by atoms with E-state index in [2.05, 4.69) is 13.8 Å². The highest BCUT2D eigenvalue weighted by Crippen LogP contribution is 2.23. The average molecular weight is 416 g/mol. The van der Waals surface area contributed by atoms with Crippen LogP contribution in [-0.2, 0) is 17.9 Å². The normalized spacial score (nSPS) is 10.9. The molecule has 2 aromatic carbocycles. The first-order valence-electron chi connectivity index (χ1n) is 9.40. The number of ether oxygens (including phenoxy) is 1. The van der Waals surface area contributed by atoms with Gasteiger partial charge in [0.25, 0.3) is 5.91 Å². The molecule has 6 heteroatoms. The number of furan rings is 1. The lowest BCUT2D eigenvalue weighted by molar-refractivity contribution is -0.134. The van der Waals surface area contributed by atoms with Gasteiger partial charge in [0.15, 0.2) is 6.61 Å². The summed E-state index contributed by atoms with van der Waals surface area (Å²) < 4.78 is 25.2. The average Bonchev–Trinajstić information content (AvgIpc) is 3.21. The second-order valence-electron chi connectivity index (χ2n) is 7.04. The van der Waals surface area contributed by atoms with Crippen molar-refractivity contribution in [3.63, 3.8) is 0 Å². The minimum atomic E-state index is -0.458. The number of benzene rings is 2. The summed E-state index contributed by atoms with van der Waals surface area (Å²) in [7, 11) is 0. The van der Waals surface area contributed by atoms with E-state index in [1.165, 1.54) is 28.9 Å². The summed E-state index contributed by atoms with van der Waals surface area (Å²) in [5, 5.41) is 0.271. The number of nitrogens with zero attached hydrogens (tertiary/aromatic N) is 1. The zero-order valence-electron chi connectivity index (χ0n) is 16.4. The number of rotatable bonds is 8. The molecule has 0 aliphatic rings. The largest absolute Gasteiger partial charge is 0.484 e. The second-order valence-corrected chi connectivity index (χ2v) is 7.45. The van der Waals surface area contributed by atoms with Gasteiger partial charge in [0.1, 0.15) is 17.3 Å². The van der Waals surface area contributed by atoms with Gasteiger partial charge in [0, 0.05) is 10.6 Å². The van der Waals surface area contributed by atoms with Crippen molar-refractivity contribution >= 4 is 17.5 Å². The minimum absolute atomic E-state index is 0.0146. The Hall–Kier alpha value is -2.79. The highest BCUT2D eigenvalue weighted by Gasteiger charge is 2.20. The van der Waals surface area contributed by atoms with Gasteiger partial charge in [-0.05, 0) is 47.9 Å². The third kappa shape index (κ3) is 5.61. The van der Waals surface area contributed by atoms with Crippen molar-refractivity contribution in [2.24, 2.45) is 0 Å². The molecule has 1 amide bonds. The Morgan fingerprint density at radius 2 is 1.86 bits per heavy atom. The molecule has 3 rings (SSSR count). The van der Waals surface area contributed by atoms with Crippen LogP contribution in [0.15, 0.2) is 65.3 Å². The molecule has 0 fully saturated rings. The van der Waals surface area contributed by atoms with Crippen LogP contribution in [0.5, 0.6) is 5.75 Å². The molecule has 4 nitrogen and oxygen atoms in total. The number of amides is 1. The second kappa shape index (κ2) is 9.61. The van der Waals surface area contributed by atoms with Crippen LogP contribution < -0.4 is 4.74 Å². The molecule has 29 heavy (non-hydrogen) atoms. The maximum atomic E-state index is 14.2. The van der Waals surface area contributed by atoms with E-state index >= 15 is 0 Å². The first-order chi connectivity index (χ1) is 13.9. The number of hydrogen-bond donors (Lipinski definition) is 0. The van der Waals surface area contributed by atoms with Crippen LogP contribution in [0.4, 0.5) is 4.39 Å². The predicted molar refractivity (Wildman–Crippen MR) is 110 cm³/mol. The molecule has 3 aromatic rings. The van der Waals surface area contributed by atoms with E-state index in [-0.39, 0.29) is 36.2 Å². The summed E-state index contributed by atoms with van der Waals surface area (Å²) >= 11 is 6.14. The Morgan fingerprint density at radius 3 is 2.48 bits per heavy atom. The maximum Gasteiger partial charge on any atom is 0.261 e. The van der Waals surface area contributed by atoms with Crippen LogP contribution in [0.3, 0.4) is 0 Å². The van der Waals surface area contributed by atoms with E-state index in [1.807, 2.05) is 24.3 Å². The van der Waals surface area contributed by atoms with Gasteiger partial charge in [0.05, 0.1) is 19.4 Å². The lowest BCUT2D eigenvalue weighted by atomic mass is 10.0. The first-order valence-corrected chi connectivity index (χ1v) is 9.77. The lowest BCUT2D eigenvalue weighted by Gasteiger charge is -2.23. The SMILES string of the molecule is CC(C)c1ccc(OCC(=O)N(Cc2ccco2)Cc2c(F)cccc2Cl)cc1. The van der Waals surface area contributed by atoms with Gasteiger partial charge in [-0.2, -0.15) is 0 Å². The molecule has 0 aliphatic heterocycles. The number of carbonyl (C=O) groups is 1. The van der Waals surface area contributed by atoms with Crippen LogP contribution in [0.1, 0.15) is 36.7 Å². The fourth-order valence-corrected chi connectivity index (χ4v) is 3.11. The van der Waals surface area contributed by atoms with Crippen molar-refractivity contribution in [2.75, 3.05) is 6.61 Å². The van der Waals surface area contributed by atoms with Crippen molar-refractivity contribution in [3.8, 4) is 5.75 Å². The summed E-state index contributed by atoms with van der Waals surface area (Å²) in [6, 6.07) is 15.6. The molecule has 0 unspecified atom stereocenters. The van der Waals surface area contributed by atoms with Gasteiger partial charge in [-0.15, -0.1) is 0 Å². The van der Waals surface area contributed by atoms with Crippen LogP contribution in [0.25, 0.3) is 0 Å². The molecule has 0 N–H and O–H groups in total. The minimum Gasteiger partial charge on any atom is -0.484 e. The molecule has 0 saturated heterocycles. The predicted octanol–water partition coefficient (Wildman–Crippen LogP) is 5.80. The van der Waals surface area contributed by atoms with E-state index in [0.29, 0.717) is 17.4 Å². The van der Waals surface area contributed by atoms with Crippen molar-refractivity contribution in [3.05, 3.63) is 88.6 Å². The van der Waals surface area contributed by atoms with Crippen LogP contribution in [0, 0.1) is 5.82 Å². The van der Waals surface area contributed by atoms with Gasteiger partial charge in [0.2, 0.25) is 0 Å². The van der Waals surface area contributed by atoms with E-state index in [4.69, 9.17) is 20.8 Å². The summed E-state index contributed by atoms with van der Waals surface area (Å²) in [5.41, 5.74) is 1.45. The van der Waals surface area contributed by atoms with Crippen molar-refractivity contribution in [1.29, 1.82) is 0 Å². The topological polar surface area (TPSA) is 42.7 Å². The molecule has 0 spiro atoms. The monoisotopic (exact) mass is 415 g/mol. The molecule has 0 bridgehead atoms. The van der Waals surface area contributed by atoms with Crippen LogP contribution in [0.2, 0.25) is 5.02 Å². The molecule has 0 radical (unpaired) electrons. The summed E-state index contributed by atoms with van der Waals surface area (Å²) in [5.74, 6) is 0.852. The Kier molecular flexibility index (Phi) is 6.94. The zero-order valence-corrected chi connectivity index (χ0v) is 17.2. The van der Waals surface area contributed by atoms with E-state index in [1.54, 1.807) is 18.2 Å². The first kappa shape index (κ1) is 20.9. The van der Waals surface area contributed by atoms with Gasteiger partial charge in [-0.1, -0.05) is 43.6 Å². The quantitative estimate of drug-likeness (QED) is 0.466. The van der Waals surface area contributed by atoms with Gasteiger partial charge < -0.3 is 14.1 Å². The van der Waals surface area contributed by atoms with Gasteiger partial charge in [-0.3, -0.25) is 4.79 Å². The Morgan fingerprint density at radius 1 is 1.10 bits per heavy atom. The molecule has 0 atom stereocenters. The highest BCUT2D eigenvalue weighted by molar-refractivity contribution is 6.31. The summed E-state index contributed by atoms with van der Waals surface area (Å²) in [6.07, 6.45) is 1.53. The standard InChI is InChI=1S/C23H23ClFNO3/c1-16(2)17-8-10-18(11-9-17)29-15-23(27)26(13-19-5-4-12-28-19)14-20-21(24)6-3-7-22(20)25/h3-12,16H,13-15H2,1-2H3.